The van der Waals surface area contributed by atoms with Crippen molar-refractivity contribution in [1.29, 1.82) is 0 Å². The standard InChI is InChI=1S/C13H15N3O5/c1-7(17)8-2-4-9(5-3-8)15-13(21)16-10(12(19)20)6-11(14)18/h2-5,10H,6H2,1H3,(H2,14,18)(H,19,20)(H2,15,16,21). The number of hydrogen-bond donors (Lipinski definition) is 4. The van der Waals surface area contributed by atoms with Crippen LogP contribution in [0.25, 0.3) is 0 Å². The number of hydrogen-bond acceptors (Lipinski definition) is 4. The molecule has 0 aliphatic carbocycles. The van der Waals surface area contributed by atoms with Crippen LogP contribution in [0.3, 0.4) is 0 Å². The number of aliphatic carboxylic acids is 1. The Bertz CT molecular complexity index is 568. The number of urea groups is 1. The first-order chi connectivity index (χ1) is 9.79. The molecule has 0 heterocycles. The monoisotopic (exact) mass is 293 g/mol. The molecular weight excluding hydrogens is 278 g/mol. The number of carbonyl (C=O) groups is 4. The largest absolute Gasteiger partial charge is 0.480 e. The number of primary amides is 1. The summed E-state index contributed by atoms with van der Waals surface area (Å²) in [5.41, 5.74) is 5.76. The molecule has 1 atom stereocenters. The maximum Gasteiger partial charge on any atom is 0.326 e. The topological polar surface area (TPSA) is 139 Å². The fourth-order valence-corrected chi connectivity index (χ4v) is 1.51. The van der Waals surface area contributed by atoms with E-state index in [0.29, 0.717) is 11.3 Å². The van der Waals surface area contributed by atoms with Crippen molar-refractivity contribution in [3.05, 3.63) is 29.8 Å². The predicted octanol–water partition coefficient (Wildman–Crippen LogP) is 0.339. The van der Waals surface area contributed by atoms with Crippen molar-refractivity contribution in [3.8, 4) is 0 Å². The van der Waals surface area contributed by atoms with Gasteiger partial charge in [0.2, 0.25) is 5.91 Å². The summed E-state index contributed by atoms with van der Waals surface area (Å²) in [5, 5.41) is 13.4. The number of rotatable bonds is 6. The molecule has 5 N–H and O–H groups in total. The lowest BCUT2D eigenvalue weighted by molar-refractivity contribution is -0.140. The van der Waals surface area contributed by atoms with Crippen LogP contribution in [-0.4, -0.2) is 34.8 Å². The maximum atomic E-state index is 11.6. The highest BCUT2D eigenvalue weighted by atomic mass is 16.4. The molecule has 21 heavy (non-hydrogen) atoms. The van der Waals surface area contributed by atoms with Crippen LogP contribution in [0.4, 0.5) is 10.5 Å². The third-order valence-electron chi connectivity index (χ3n) is 2.56. The second-order valence-electron chi connectivity index (χ2n) is 4.29. The Balaban J connectivity index is 2.65. The summed E-state index contributed by atoms with van der Waals surface area (Å²) in [6, 6.07) is 3.85. The Kier molecular flexibility index (Phi) is 5.41. The lowest BCUT2D eigenvalue weighted by Gasteiger charge is -2.13. The summed E-state index contributed by atoms with van der Waals surface area (Å²) in [4.78, 5) is 44.3. The second kappa shape index (κ2) is 7.04. The third kappa shape index (κ3) is 5.31. The van der Waals surface area contributed by atoms with E-state index in [9.17, 15) is 19.2 Å². The van der Waals surface area contributed by atoms with Crippen LogP contribution in [0.15, 0.2) is 24.3 Å². The van der Waals surface area contributed by atoms with Crippen LogP contribution >= 0.6 is 0 Å². The predicted molar refractivity (Wildman–Crippen MR) is 73.8 cm³/mol. The Morgan fingerprint density at radius 3 is 2.19 bits per heavy atom. The lowest BCUT2D eigenvalue weighted by Crippen LogP contribution is -2.45. The molecular formula is C13H15N3O5. The van der Waals surface area contributed by atoms with Crippen molar-refractivity contribution in [2.45, 2.75) is 19.4 Å². The summed E-state index contributed by atoms with van der Waals surface area (Å²) >= 11 is 0. The fourth-order valence-electron chi connectivity index (χ4n) is 1.51. The molecule has 0 spiro atoms. The van der Waals surface area contributed by atoms with Crippen molar-refractivity contribution >= 4 is 29.4 Å². The highest BCUT2D eigenvalue weighted by molar-refractivity contribution is 5.96. The molecule has 0 radical (unpaired) electrons. The average molecular weight is 293 g/mol. The number of nitrogens with two attached hydrogens (primary N) is 1. The molecule has 0 saturated heterocycles. The van der Waals surface area contributed by atoms with E-state index >= 15 is 0 Å². The number of Topliss-reactive ketones (excluding diaryl/α,β-unsaturated/α-hetero) is 1. The van der Waals surface area contributed by atoms with E-state index < -0.39 is 30.4 Å². The number of carbonyl (C=O) groups excluding carboxylic acids is 3. The van der Waals surface area contributed by atoms with Crippen LogP contribution in [0, 0.1) is 0 Å². The molecule has 1 aromatic rings. The van der Waals surface area contributed by atoms with Crippen molar-refractivity contribution in [2.24, 2.45) is 5.73 Å². The van der Waals surface area contributed by atoms with Gasteiger partial charge in [-0.15, -0.1) is 0 Å². The van der Waals surface area contributed by atoms with Crippen LogP contribution < -0.4 is 16.4 Å². The minimum absolute atomic E-state index is 0.113. The minimum atomic E-state index is -1.40. The molecule has 0 aliphatic rings. The highest BCUT2D eigenvalue weighted by Crippen LogP contribution is 2.10. The van der Waals surface area contributed by atoms with Gasteiger partial charge in [0, 0.05) is 11.3 Å². The summed E-state index contributed by atoms with van der Waals surface area (Å²) in [6.07, 6.45) is -0.508. The van der Waals surface area contributed by atoms with Crippen LogP contribution in [0.2, 0.25) is 0 Å². The zero-order valence-electron chi connectivity index (χ0n) is 11.3. The van der Waals surface area contributed by atoms with Gasteiger partial charge in [-0.25, -0.2) is 9.59 Å². The number of benzene rings is 1. The molecule has 8 heteroatoms. The SMILES string of the molecule is CC(=O)c1ccc(NC(=O)NC(CC(N)=O)C(=O)O)cc1. The van der Waals surface area contributed by atoms with Crippen LogP contribution in [-0.2, 0) is 9.59 Å². The Morgan fingerprint density at radius 1 is 1.19 bits per heavy atom. The molecule has 112 valence electrons. The molecule has 1 unspecified atom stereocenters. The number of nitrogens with one attached hydrogen (secondary N) is 2. The smallest absolute Gasteiger partial charge is 0.326 e. The zero-order valence-corrected chi connectivity index (χ0v) is 11.3. The van der Waals surface area contributed by atoms with Crippen LogP contribution in [0.5, 0.6) is 0 Å². The van der Waals surface area contributed by atoms with E-state index in [1.807, 2.05) is 0 Å². The van der Waals surface area contributed by atoms with Gasteiger partial charge in [-0.3, -0.25) is 9.59 Å². The molecule has 0 aromatic heterocycles. The first-order valence-corrected chi connectivity index (χ1v) is 5.99. The quantitative estimate of drug-likeness (QED) is 0.560. The molecule has 0 fully saturated rings. The van der Waals surface area contributed by atoms with Gasteiger partial charge < -0.3 is 21.5 Å². The average Bonchev–Trinajstić information content (AvgIpc) is 2.37. The Morgan fingerprint density at radius 2 is 1.76 bits per heavy atom. The molecule has 0 saturated carbocycles. The van der Waals surface area contributed by atoms with Crippen molar-refractivity contribution in [2.75, 3.05) is 5.32 Å². The van der Waals surface area contributed by atoms with Gasteiger partial charge in [0.1, 0.15) is 6.04 Å². The summed E-state index contributed by atoms with van der Waals surface area (Å²) < 4.78 is 0. The van der Waals surface area contributed by atoms with Gasteiger partial charge in [-0.1, -0.05) is 0 Å². The van der Waals surface area contributed by atoms with E-state index in [2.05, 4.69) is 10.6 Å². The zero-order chi connectivity index (χ0) is 16.0. The maximum absolute atomic E-state index is 11.6. The van der Waals surface area contributed by atoms with Crippen LogP contribution in [0.1, 0.15) is 23.7 Å². The Hall–Kier alpha value is -2.90. The van der Waals surface area contributed by atoms with E-state index in [4.69, 9.17) is 10.8 Å². The summed E-state index contributed by atoms with van der Waals surface area (Å²) in [6.45, 7) is 1.41. The Labute approximate surface area is 120 Å². The first-order valence-electron chi connectivity index (χ1n) is 5.99. The van der Waals surface area contributed by atoms with Gasteiger partial charge in [-0.2, -0.15) is 0 Å². The van der Waals surface area contributed by atoms with Gasteiger partial charge >= 0.3 is 12.0 Å². The number of carboxylic acids is 1. The number of amides is 3. The molecule has 0 aliphatic heterocycles. The van der Waals surface area contributed by atoms with Gasteiger partial charge in [0.05, 0.1) is 6.42 Å². The number of carboxylic acid groups (broad SMARTS) is 1. The first kappa shape index (κ1) is 16.2. The van der Waals surface area contributed by atoms with Gasteiger partial charge in [-0.05, 0) is 31.2 Å². The van der Waals surface area contributed by atoms with E-state index in [1.54, 1.807) is 0 Å². The van der Waals surface area contributed by atoms with Crippen molar-refractivity contribution < 1.29 is 24.3 Å². The van der Waals surface area contributed by atoms with Crippen molar-refractivity contribution in [1.82, 2.24) is 5.32 Å². The van der Waals surface area contributed by atoms with E-state index in [0.717, 1.165) is 0 Å². The summed E-state index contributed by atoms with van der Waals surface area (Å²) in [5.74, 6) is -2.32. The molecule has 0 bridgehead atoms. The van der Waals surface area contributed by atoms with Gasteiger partial charge in [0.15, 0.2) is 5.78 Å². The van der Waals surface area contributed by atoms with E-state index in [1.165, 1.54) is 31.2 Å². The lowest BCUT2D eigenvalue weighted by atomic mass is 10.1. The molecule has 3 amide bonds. The summed E-state index contributed by atoms with van der Waals surface area (Å²) in [7, 11) is 0. The molecule has 1 rings (SSSR count). The van der Waals surface area contributed by atoms with Crippen molar-refractivity contribution in [3.63, 3.8) is 0 Å². The number of anilines is 1. The fraction of sp³-hybridized carbons (Fsp3) is 0.231. The highest BCUT2D eigenvalue weighted by Gasteiger charge is 2.22. The second-order valence-corrected chi connectivity index (χ2v) is 4.29. The minimum Gasteiger partial charge on any atom is -0.480 e. The normalized spacial score (nSPS) is 11.3. The van der Waals surface area contributed by atoms with Gasteiger partial charge in [0.25, 0.3) is 0 Å². The molecule has 1 aromatic carbocycles. The van der Waals surface area contributed by atoms with E-state index in [-0.39, 0.29) is 5.78 Å². The molecule has 8 nitrogen and oxygen atoms in total. The third-order valence-corrected chi connectivity index (χ3v) is 2.56. The number of ketones is 1.